The molecular formula is C14H19BrN2O2. The Morgan fingerprint density at radius 3 is 2.95 bits per heavy atom. The summed E-state index contributed by atoms with van der Waals surface area (Å²) in [5.41, 5.74) is 1.05. The van der Waals surface area contributed by atoms with Crippen LogP contribution in [0.25, 0.3) is 0 Å². The van der Waals surface area contributed by atoms with E-state index in [2.05, 4.69) is 33.5 Å². The fraction of sp³-hybridized carbons (Fsp3) is 0.500. The van der Waals surface area contributed by atoms with E-state index in [0.717, 1.165) is 41.7 Å². The molecule has 0 bridgehead atoms. The summed E-state index contributed by atoms with van der Waals surface area (Å²) in [5.74, 6) is 0.696. The number of hydrogen-bond acceptors (Lipinski definition) is 3. The summed E-state index contributed by atoms with van der Waals surface area (Å²) in [7, 11) is 0. The van der Waals surface area contributed by atoms with Crippen molar-refractivity contribution >= 4 is 21.8 Å². The largest absolute Gasteiger partial charge is 0.482 e. The van der Waals surface area contributed by atoms with Crippen LogP contribution in [-0.4, -0.2) is 25.1 Å². The smallest absolute Gasteiger partial charge is 0.258 e. The Kier molecular flexibility index (Phi) is 5.22. The van der Waals surface area contributed by atoms with E-state index in [1.807, 2.05) is 18.2 Å². The number of carbonyl (C=O) groups is 1. The molecule has 1 amide bonds. The van der Waals surface area contributed by atoms with Crippen molar-refractivity contribution in [1.82, 2.24) is 10.6 Å². The number of amides is 1. The van der Waals surface area contributed by atoms with Crippen molar-refractivity contribution in [3.63, 3.8) is 0 Å². The highest BCUT2D eigenvalue weighted by Crippen LogP contribution is 2.29. The summed E-state index contributed by atoms with van der Waals surface area (Å²) < 4.78 is 6.53. The minimum Gasteiger partial charge on any atom is -0.482 e. The van der Waals surface area contributed by atoms with Gasteiger partial charge < -0.3 is 15.4 Å². The quantitative estimate of drug-likeness (QED) is 0.807. The standard InChI is InChI=1S/C14H19BrN2O2/c1-2-16-8-10-4-3-5-12(15)14(10)19-9-13(18)17-11-6-7-11/h3-5,11,16H,2,6-9H2,1H3,(H,17,18). The van der Waals surface area contributed by atoms with Gasteiger partial charge in [0.2, 0.25) is 0 Å². The van der Waals surface area contributed by atoms with Gasteiger partial charge in [0.05, 0.1) is 4.47 Å². The Balaban J connectivity index is 1.94. The number of halogens is 1. The van der Waals surface area contributed by atoms with E-state index in [9.17, 15) is 4.79 Å². The lowest BCUT2D eigenvalue weighted by molar-refractivity contribution is -0.123. The molecular weight excluding hydrogens is 308 g/mol. The van der Waals surface area contributed by atoms with E-state index >= 15 is 0 Å². The molecule has 1 saturated carbocycles. The van der Waals surface area contributed by atoms with Crippen LogP contribution >= 0.6 is 15.9 Å². The topological polar surface area (TPSA) is 50.4 Å². The molecule has 1 fully saturated rings. The first-order chi connectivity index (χ1) is 9.20. The third kappa shape index (κ3) is 4.51. The van der Waals surface area contributed by atoms with Crippen LogP contribution in [0.15, 0.2) is 22.7 Å². The van der Waals surface area contributed by atoms with Crippen molar-refractivity contribution in [2.24, 2.45) is 0 Å². The minimum atomic E-state index is -0.0485. The van der Waals surface area contributed by atoms with Crippen LogP contribution in [0, 0.1) is 0 Å². The molecule has 0 spiro atoms. The van der Waals surface area contributed by atoms with Crippen molar-refractivity contribution in [2.45, 2.75) is 32.4 Å². The van der Waals surface area contributed by atoms with E-state index in [0.29, 0.717) is 6.04 Å². The molecule has 5 heteroatoms. The molecule has 0 aromatic heterocycles. The lowest BCUT2D eigenvalue weighted by Crippen LogP contribution is -2.30. The maximum absolute atomic E-state index is 11.6. The molecule has 0 heterocycles. The minimum absolute atomic E-state index is 0.0485. The lowest BCUT2D eigenvalue weighted by Gasteiger charge is -2.13. The molecule has 1 aliphatic carbocycles. The first-order valence-corrected chi connectivity index (χ1v) is 7.40. The van der Waals surface area contributed by atoms with E-state index in [-0.39, 0.29) is 12.5 Å². The number of nitrogens with one attached hydrogen (secondary N) is 2. The zero-order chi connectivity index (χ0) is 13.7. The molecule has 2 rings (SSSR count). The summed E-state index contributed by atoms with van der Waals surface area (Å²) in [4.78, 5) is 11.6. The first kappa shape index (κ1) is 14.3. The van der Waals surface area contributed by atoms with Gasteiger partial charge in [-0.15, -0.1) is 0 Å². The first-order valence-electron chi connectivity index (χ1n) is 6.61. The van der Waals surface area contributed by atoms with Crippen LogP contribution < -0.4 is 15.4 Å². The molecule has 0 radical (unpaired) electrons. The zero-order valence-corrected chi connectivity index (χ0v) is 12.6. The van der Waals surface area contributed by atoms with E-state index in [4.69, 9.17) is 4.74 Å². The second kappa shape index (κ2) is 6.91. The van der Waals surface area contributed by atoms with E-state index in [1.54, 1.807) is 0 Å². The molecule has 19 heavy (non-hydrogen) atoms. The van der Waals surface area contributed by atoms with Crippen molar-refractivity contribution in [2.75, 3.05) is 13.2 Å². The van der Waals surface area contributed by atoms with Gasteiger partial charge in [-0.2, -0.15) is 0 Å². The maximum Gasteiger partial charge on any atom is 0.258 e. The van der Waals surface area contributed by atoms with Crippen molar-refractivity contribution in [3.05, 3.63) is 28.2 Å². The lowest BCUT2D eigenvalue weighted by atomic mass is 10.2. The molecule has 4 nitrogen and oxygen atoms in total. The Morgan fingerprint density at radius 2 is 2.26 bits per heavy atom. The SMILES string of the molecule is CCNCc1cccc(Br)c1OCC(=O)NC1CC1. The van der Waals surface area contributed by atoms with Crippen LogP contribution in [-0.2, 0) is 11.3 Å². The molecule has 0 saturated heterocycles. The van der Waals surface area contributed by atoms with Crippen LogP contribution in [0.5, 0.6) is 5.75 Å². The highest BCUT2D eigenvalue weighted by atomic mass is 79.9. The van der Waals surface area contributed by atoms with Gasteiger partial charge in [0, 0.05) is 18.2 Å². The average Bonchev–Trinajstić information content (AvgIpc) is 3.19. The summed E-state index contributed by atoms with van der Waals surface area (Å²) in [6, 6.07) is 6.26. The second-order valence-corrected chi connectivity index (χ2v) is 5.49. The number of carbonyl (C=O) groups excluding carboxylic acids is 1. The predicted octanol–water partition coefficient (Wildman–Crippen LogP) is 2.22. The molecule has 0 atom stereocenters. The predicted molar refractivity (Wildman–Crippen MR) is 78.2 cm³/mol. The van der Waals surface area contributed by atoms with Gasteiger partial charge in [-0.3, -0.25) is 4.79 Å². The van der Waals surface area contributed by atoms with Crippen LogP contribution in [0.2, 0.25) is 0 Å². The average molecular weight is 327 g/mol. The van der Waals surface area contributed by atoms with Crippen LogP contribution in [0.1, 0.15) is 25.3 Å². The number of rotatable bonds is 7. The fourth-order valence-corrected chi connectivity index (χ4v) is 2.27. The van der Waals surface area contributed by atoms with E-state index < -0.39 is 0 Å². The highest BCUT2D eigenvalue weighted by Gasteiger charge is 2.23. The monoisotopic (exact) mass is 326 g/mol. The molecule has 0 aliphatic heterocycles. The molecule has 0 unspecified atom stereocenters. The van der Waals surface area contributed by atoms with Gasteiger partial charge in [0.25, 0.3) is 5.91 Å². The van der Waals surface area contributed by atoms with Gasteiger partial charge >= 0.3 is 0 Å². The molecule has 1 aromatic rings. The summed E-state index contributed by atoms with van der Waals surface area (Å²) in [6.07, 6.45) is 2.18. The fourth-order valence-electron chi connectivity index (χ4n) is 1.75. The molecule has 104 valence electrons. The zero-order valence-electron chi connectivity index (χ0n) is 11.0. The van der Waals surface area contributed by atoms with Crippen LogP contribution in [0.4, 0.5) is 0 Å². The summed E-state index contributed by atoms with van der Waals surface area (Å²) in [6.45, 7) is 3.75. The van der Waals surface area contributed by atoms with Gasteiger partial charge in [0.15, 0.2) is 6.61 Å². The molecule has 1 aromatic carbocycles. The van der Waals surface area contributed by atoms with E-state index in [1.165, 1.54) is 0 Å². The molecule has 2 N–H and O–H groups in total. The van der Waals surface area contributed by atoms with Gasteiger partial charge in [-0.1, -0.05) is 19.1 Å². The summed E-state index contributed by atoms with van der Waals surface area (Å²) >= 11 is 3.47. The third-order valence-electron chi connectivity index (χ3n) is 2.90. The maximum atomic E-state index is 11.6. The van der Waals surface area contributed by atoms with Crippen molar-refractivity contribution in [3.8, 4) is 5.75 Å². The molecule has 1 aliphatic rings. The Bertz CT molecular complexity index is 447. The number of hydrogen-bond donors (Lipinski definition) is 2. The van der Waals surface area contributed by atoms with Gasteiger partial charge in [0.1, 0.15) is 5.75 Å². The number of para-hydroxylation sites is 1. The second-order valence-electron chi connectivity index (χ2n) is 4.64. The van der Waals surface area contributed by atoms with Crippen LogP contribution in [0.3, 0.4) is 0 Å². The van der Waals surface area contributed by atoms with Crippen molar-refractivity contribution < 1.29 is 9.53 Å². The number of benzene rings is 1. The Hall–Kier alpha value is -1.07. The van der Waals surface area contributed by atoms with Crippen molar-refractivity contribution in [1.29, 1.82) is 0 Å². The Morgan fingerprint density at radius 1 is 1.47 bits per heavy atom. The Labute approximate surface area is 122 Å². The normalized spacial score (nSPS) is 14.2. The van der Waals surface area contributed by atoms with Gasteiger partial charge in [-0.05, 0) is 41.4 Å². The highest BCUT2D eigenvalue weighted by molar-refractivity contribution is 9.10. The summed E-state index contributed by atoms with van der Waals surface area (Å²) in [5, 5.41) is 6.17. The number of ether oxygens (including phenoxy) is 1. The third-order valence-corrected chi connectivity index (χ3v) is 3.53. The van der Waals surface area contributed by atoms with Gasteiger partial charge in [-0.25, -0.2) is 0 Å².